The van der Waals surface area contributed by atoms with Crippen LogP contribution in [0.3, 0.4) is 0 Å². The Balaban J connectivity index is 0.000000531. The van der Waals surface area contributed by atoms with Crippen molar-refractivity contribution < 1.29 is 9.59 Å². The molecule has 2 aliphatic rings. The van der Waals surface area contributed by atoms with Crippen molar-refractivity contribution in [2.75, 3.05) is 6.54 Å². The zero-order valence-electron chi connectivity index (χ0n) is 9.09. The SMILES string of the molecule is CC.O=C1CCC(C2=CNNC2)C(=O)N1. The van der Waals surface area contributed by atoms with Gasteiger partial charge in [-0.25, -0.2) is 5.43 Å². The minimum atomic E-state index is -0.173. The third-order valence-electron chi connectivity index (χ3n) is 2.34. The van der Waals surface area contributed by atoms with E-state index < -0.39 is 0 Å². The molecule has 0 aromatic heterocycles. The molecule has 5 heteroatoms. The van der Waals surface area contributed by atoms with Gasteiger partial charge in [-0.05, 0) is 12.0 Å². The third-order valence-corrected chi connectivity index (χ3v) is 2.34. The van der Waals surface area contributed by atoms with Gasteiger partial charge < -0.3 is 5.43 Å². The van der Waals surface area contributed by atoms with Gasteiger partial charge in [0.2, 0.25) is 11.8 Å². The summed E-state index contributed by atoms with van der Waals surface area (Å²) in [5.74, 6) is -0.478. The number of piperidine rings is 1. The Morgan fingerprint density at radius 1 is 1.33 bits per heavy atom. The van der Waals surface area contributed by atoms with E-state index in [9.17, 15) is 9.59 Å². The minimum absolute atomic E-state index is 0.139. The molecule has 0 spiro atoms. The first-order valence-electron chi connectivity index (χ1n) is 5.28. The van der Waals surface area contributed by atoms with Crippen LogP contribution >= 0.6 is 0 Å². The Labute approximate surface area is 89.3 Å². The molecule has 0 aromatic rings. The van der Waals surface area contributed by atoms with Crippen LogP contribution in [0.5, 0.6) is 0 Å². The van der Waals surface area contributed by atoms with E-state index >= 15 is 0 Å². The van der Waals surface area contributed by atoms with Crippen LogP contribution in [0.2, 0.25) is 0 Å². The van der Waals surface area contributed by atoms with Crippen LogP contribution in [-0.4, -0.2) is 18.4 Å². The normalized spacial score (nSPS) is 24.7. The highest BCUT2D eigenvalue weighted by Gasteiger charge is 2.30. The Morgan fingerprint density at radius 3 is 2.60 bits per heavy atom. The predicted octanol–water partition coefficient (Wildman–Crippen LogP) is 0.0571. The summed E-state index contributed by atoms with van der Waals surface area (Å²) in [6.07, 6.45) is 2.85. The summed E-state index contributed by atoms with van der Waals surface area (Å²) in [4.78, 5) is 22.2. The third kappa shape index (κ3) is 2.79. The highest BCUT2D eigenvalue weighted by molar-refractivity contribution is 5.99. The fourth-order valence-corrected chi connectivity index (χ4v) is 1.62. The van der Waals surface area contributed by atoms with Gasteiger partial charge in [0.15, 0.2) is 0 Å². The topological polar surface area (TPSA) is 70.2 Å². The van der Waals surface area contributed by atoms with Crippen molar-refractivity contribution in [1.82, 2.24) is 16.2 Å². The van der Waals surface area contributed by atoms with Gasteiger partial charge in [0.05, 0.1) is 5.92 Å². The number of nitrogens with one attached hydrogen (secondary N) is 3. The van der Waals surface area contributed by atoms with Crippen molar-refractivity contribution in [3.63, 3.8) is 0 Å². The molecule has 15 heavy (non-hydrogen) atoms. The molecule has 2 aliphatic heterocycles. The van der Waals surface area contributed by atoms with Crippen molar-refractivity contribution in [3.05, 3.63) is 11.8 Å². The molecular weight excluding hydrogens is 194 g/mol. The fourth-order valence-electron chi connectivity index (χ4n) is 1.62. The zero-order chi connectivity index (χ0) is 11.3. The number of amides is 2. The second-order valence-electron chi connectivity index (χ2n) is 3.22. The number of hydrogen-bond acceptors (Lipinski definition) is 4. The second-order valence-corrected chi connectivity index (χ2v) is 3.22. The molecular formula is C10H17N3O2. The smallest absolute Gasteiger partial charge is 0.233 e. The summed E-state index contributed by atoms with van der Waals surface area (Å²) >= 11 is 0. The Bertz CT molecular complexity index is 286. The molecule has 2 amide bonds. The van der Waals surface area contributed by atoms with Crippen LogP contribution in [0.1, 0.15) is 26.7 Å². The summed E-state index contributed by atoms with van der Waals surface area (Å²) in [5.41, 5.74) is 6.74. The van der Waals surface area contributed by atoms with Gasteiger partial charge >= 0.3 is 0 Å². The zero-order valence-corrected chi connectivity index (χ0v) is 9.09. The maximum Gasteiger partial charge on any atom is 0.233 e. The molecule has 1 unspecified atom stereocenters. The lowest BCUT2D eigenvalue weighted by molar-refractivity contribution is -0.135. The van der Waals surface area contributed by atoms with Crippen LogP contribution in [-0.2, 0) is 9.59 Å². The van der Waals surface area contributed by atoms with Crippen LogP contribution < -0.4 is 16.2 Å². The van der Waals surface area contributed by atoms with Gasteiger partial charge in [0, 0.05) is 19.2 Å². The van der Waals surface area contributed by atoms with Crippen LogP contribution in [0.25, 0.3) is 0 Å². The average Bonchev–Trinajstić information content (AvgIpc) is 2.74. The molecule has 0 aliphatic carbocycles. The van der Waals surface area contributed by atoms with Crippen molar-refractivity contribution in [1.29, 1.82) is 0 Å². The van der Waals surface area contributed by atoms with Crippen LogP contribution in [0.4, 0.5) is 0 Å². The number of imide groups is 1. The Morgan fingerprint density at radius 2 is 2.07 bits per heavy atom. The van der Waals surface area contributed by atoms with E-state index in [-0.39, 0.29) is 17.7 Å². The molecule has 0 saturated carbocycles. The summed E-state index contributed by atoms with van der Waals surface area (Å²) in [7, 11) is 0. The number of rotatable bonds is 1. The van der Waals surface area contributed by atoms with Gasteiger partial charge in [-0.3, -0.25) is 14.9 Å². The van der Waals surface area contributed by atoms with Crippen LogP contribution in [0, 0.1) is 5.92 Å². The van der Waals surface area contributed by atoms with Gasteiger partial charge in [-0.1, -0.05) is 13.8 Å². The van der Waals surface area contributed by atoms with E-state index in [1.807, 2.05) is 13.8 Å². The molecule has 1 saturated heterocycles. The largest absolute Gasteiger partial charge is 0.328 e. The summed E-state index contributed by atoms with van der Waals surface area (Å²) in [5, 5.41) is 2.33. The van der Waals surface area contributed by atoms with Crippen molar-refractivity contribution >= 4 is 11.8 Å². The monoisotopic (exact) mass is 211 g/mol. The summed E-state index contributed by atoms with van der Waals surface area (Å²) in [6, 6.07) is 0. The fraction of sp³-hybridized carbons (Fsp3) is 0.600. The molecule has 1 fully saturated rings. The lowest BCUT2D eigenvalue weighted by Crippen LogP contribution is -2.41. The first-order valence-corrected chi connectivity index (χ1v) is 5.28. The first-order chi connectivity index (χ1) is 7.27. The molecule has 2 heterocycles. The van der Waals surface area contributed by atoms with E-state index in [2.05, 4.69) is 16.2 Å². The second kappa shape index (κ2) is 5.50. The maximum atomic E-state index is 11.4. The number of hydrogen-bond donors (Lipinski definition) is 3. The standard InChI is InChI=1S/C8H11N3O2.C2H6/c12-7-2-1-6(8(13)11-7)5-3-9-10-4-5;1-2/h3,6,9-10H,1-2,4H2,(H,11,12,13);1-2H3. The predicted molar refractivity (Wildman–Crippen MR) is 56.4 cm³/mol. The number of hydrazine groups is 1. The number of carbonyl (C=O) groups is 2. The van der Waals surface area contributed by atoms with Crippen molar-refractivity contribution in [2.45, 2.75) is 26.7 Å². The minimum Gasteiger partial charge on any atom is -0.328 e. The molecule has 5 nitrogen and oxygen atoms in total. The highest BCUT2D eigenvalue weighted by atomic mass is 16.2. The first kappa shape index (κ1) is 11.7. The van der Waals surface area contributed by atoms with Crippen molar-refractivity contribution in [2.24, 2.45) is 5.92 Å². The molecule has 1 atom stereocenters. The molecule has 84 valence electrons. The maximum absolute atomic E-state index is 11.4. The Hall–Kier alpha value is -1.36. The average molecular weight is 211 g/mol. The van der Waals surface area contributed by atoms with E-state index in [4.69, 9.17) is 0 Å². The Kier molecular flexibility index (Phi) is 4.30. The van der Waals surface area contributed by atoms with E-state index in [1.165, 1.54) is 0 Å². The van der Waals surface area contributed by atoms with Gasteiger partial charge in [-0.2, -0.15) is 0 Å². The molecule has 0 aromatic carbocycles. The van der Waals surface area contributed by atoms with Gasteiger partial charge in [0.25, 0.3) is 0 Å². The highest BCUT2D eigenvalue weighted by Crippen LogP contribution is 2.21. The van der Waals surface area contributed by atoms with Gasteiger partial charge in [0.1, 0.15) is 0 Å². The van der Waals surface area contributed by atoms with E-state index in [0.717, 1.165) is 5.57 Å². The van der Waals surface area contributed by atoms with Gasteiger partial charge in [-0.15, -0.1) is 0 Å². The lowest BCUT2D eigenvalue weighted by Gasteiger charge is -2.20. The molecule has 2 rings (SSSR count). The summed E-state index contributed by atoms with van der Waals surface area (Å²) in [6.45, 7) is 4.67. The quantitative estimate of drug-likeness (QED) is 0.536. The molecule has 0 radical (unpaired) electrons. The molecule has 0 bridgehead atoms. The van der Waals surface area contributed by atoms with E-state index in [1.54, 1.807) is 6.20 Å². The van der Waals surface area contributed by atoms with Crippen LogP contribution in [0.15, 0.2) is 11.8 Å². The molecule has 3 N–H and O–H groups in total. The van der Waals surface area contributed by atoms with E-state index in [0.29, 0.717) is 19.4 Å². The summed E-state index contributed by atoms with van der Waals surface area (Å²) < 4.78 is 0. The van der Waals surface area contributed by atoms with Crippen molar-refractivity contribution in [3.8, 4) is 0 Å². The lowest BCUT2D eigenvalue weighted by atomic mass is 9.91. The number of carbonyl (C=O) groups excluding carboxylic acids is 2.